The van der Waals surface area contributed by atoms with Gasteiger partial charge in [-0.1, -0.05) is 25.4 Å². The first-order chi connectivity index (χ1) is 8.08. The smallest absolute Gasteiger partial charge is 0.143 e. The van der Waals surface area contributed by atoms with Crippen LogP contribution >= 0.6 is 11.6 Å². The SMILES string of the molecule is CC(C)C1CCCN(c2ccc(Cl)c(F)c2)C1. The van der Waals surface area contributed by atoms with Crippen LogP contribution in [0.15, 0.2) is 18.2 Å². The van der Waals surface area contributed by atoms with Crippen molar-refractivity contribution in [2.45, 2.75) is 26.7 Å². The fourth-order valence-electron chi connectivity index (χ4n) is 2.47. The summed E-state index contributed by atoms with van der Waals surface area (Å²) in [6, 6.07) is 5.10. The second kappa shape index (κ2) is 5.26. The molecule has 1 heterocycles. The van der Waals surface area contributed by atoms with Crippen LogP contribution in [-0.2, 0) is 0 Å². The zero-order valence-electron chi connectivity index (χ0n) is 10.4. The number of hydrogen-bond donors (Lipinski definition) is 0. The van der Waals surface area contributed by atoms with E-state index in [1.54, 1.807) is 12.1 Å². The predicted octanol–water partition coefficient (Wildman–Crippen LogP) is 4.35. The molecule has 0 aliphatic carbocycles. The summed E-state index contributed by atoms with van der Waals surface area (Å²) in [5.41, 5.74) is 0.956. The van der Waals surface area contributed by atoms with Gasteiger partial charge in [-0.25, -0.2) is 4.39 Å². The summed E-state index contributed by atoms with van der Waals surface area (Å²) in [5, 5.41) is 0.200. The van der Waals surface area contributed by atoms with Gasteiger partial charge in [0.25, 0.3) is 0 Å². The number of nitrogens with zero attached hydrogens (tertiary/aromatic N) is 1. The summed E-state index contributed by atoms with van der Waals surface area (Å²) in [4.78, 5) is 2.27. The first-order valence-corrected chi connectivity index (χ1v) is 6.65. The van der Waals surface area contributed by atoms with Crippen LogP contribution in [0.4, 0.5) is 10.1 Å². The van der Waals surface area contributed by atoms with Gasteiger partial charge in [-0.2, -0.15) is 0 Å². The molecule has 2 rings (SSSR count). The van der Waals surface area contributed by atoms with E-state index in [4.69, 9.17) is 11.6 Å². The lowest BCUT2D eigenvalue weighted by molar-refractivity contribution is 0.321. The van der Waals surface area contributed by atoms with Crippen LogP contribution in [0, 0.1) is 17.7 Å². The molecule has 1 aromatic carbocycles. The molecule has 1 saturated heterocycles. The van der Waals surface area contributed by atoms with Gasteiger partial charge in [-0.3, -0.25) is 0 Å². The van der Waals surface area contributed by atoms with Crippen LogP contribution in [-0.4, -0.2) is 13.1 Å². The summed E-state index contributed by atoms with van der Waals surface area (Å²) in [5.74, 6) is 1.08. The fourth-order valence-corrected chi connectivity index (χ4v) is 2.59. The molecule has 0 radical (unpaired) electrons. The minimum atomic E-state index is -0.323. The Morgan fingerprint density at radius 2 is 2.18 bits per heavy atom. The number of halogens is 2. The number of benzene rings is 1. The van der Waals surface area contributed by atoms with E-state index in [0.717, 1.165) is 18.8 Å². The number of piperidine rings is 1. The van der Waals surface area contributed by atoms with Crippen LogP contribution in [0.2, 0.25) is 5.02 Å². The molecular formula is C14H19ClFN. The molecule has 0 N–H and O–H groups in total. The third-order valence-corrected chi connectivity index (χ3v) is 3.98. The lowest BCUT2D eigenvalue weighted by Gasteiger charge is -2.36. The second-order valence-electron chi connectivity index (χ2n) is 5.19. The molecule has 1 aliphatic rings. The third kappa shape index (κ3) is 2.92. The van der Waals surface area contributed by atoms with Gasteiger partial charge in [0.05, 0.1) is 5.02 Å². The molecule has 1 fully saturated rings. The van der Waals surface area contributed by atoms with Gasteiger partial charge in [0.1, 0.15) is 5.82 Å². The van der Waals surface area contributed by atoms with Crippen molar-refractivity contribution in [3.8, 4) is 0 Å². The highest BCUT2D eigenvalue weighted by Gasteiger charge is 2.22. The fraction of sp³-hybridized carbons (Fsp3) is 0.571. The van der Waals surface area contributed by atoms with Crippen molar-refractivity contribution in [3.05, 3.63) is 29.0 Å². The molecule has 1 aliphatic heterocycles. The Kier molecular flexibility index (Phi) is 3.93. The average Bonchev–Trinajstić information content (AvgIpc) is 2.33. The van der Waals surface area contributed by atoms with E-state index in [0.29, 0.717) is 11.8 Å². The average molecular weight is 256 g/mol. The van der Waals surface area contributed by atoms with Gasteiger partial charge < -0.3 is 4.90 Å². The molecule has 0 amide bonds. The summed E-state index contributed by atoms with van der Waals surface area (Å²) >= 11 is 5.71. The van der Waals surface area contributed by atoms with E-state index in [1.807, 2.05) is 6.07 Å². The van der Waals surface area contributed by atoms with Gasteiger partial charge in [0.15, 0.2) is 0 Å². The van der Waals surface area contributed by atoms with Crippen LogP contribution in [0.25, 0.3) is 0 Å². The lowest BCUT2D eigenvalue weighted by atomic mass is 9.88. The van der Waals surface area contributed by atoms with Crippen LogP contribution in [0.5, 0.6) is 0 Å². The second-order valence-corrected chi connectivity index (χ2v) is 5.60. The summed E-state index contributed by atoms with van der Waals surface area (Å²) in [6.07, 6.45) is 2.47. The van der Waals surface area contributed by atoms with Crippen molar-refractivity contribution in [1.29, 1.82) is 0 Å². The summed E-state index contributed by atoms with van der Waals surface area (Å²) in [7, 11) is 0. The molecule has 0 saturated carbocycles. The highest BCUT2D eigenvalue weighted by molar-refractivity contribution is 6.30. The van der Waals surface area contributed by atoms with Gasteiger partial charge in [-0.05, 0) is 42.9 Å². The first-order valence-electron chi connectivity index (χ1n) is 6.28. The van der Waals surface area contributed by atoms with Crippen LogP contribution in [0.1, 0.15) is 26.7 Å². The van der Waals surface area contributed by atoms with Crippen molar-refractivity contribution in [3.63, 3.8) is 0 Å². The largest absolute Gasteiger partial charge is 0.371 e. The van der Waals surface area contributed by atoms with Gasteiger partial charge >= 0.3 is 0 Å². The molecule has 0 aromatic heterocycles. The van der Waals surface area contributed by atoms with Crippen molar-refractivity contribution in [1.82, 2.24) is 0 Å². The zero-order valence-corrected chi connectivity index (χ0v) is 11.2. The maximum Gasteiger partial charge on any atom is 0.143 e. The lowest BCUT2D eigenvalue weighted by Crippen LogP contribution is -2.37. The first kappa shape index (κ1) is 12.7. The molecule has 94 valence electrons. The minimum Gasteiger partial charge on any atom is -0.371 e. The highest BCUT2D eigenvalue weighted by Crippen LogP contribution is 2.29. The molecule has 17 heavy (non-hydrogen) atoms. The maximum atomic E-state index is 13.4. The third-order valence-electron chi connectivity index (χ3n) is 3.67. The molecule has 3 heteroatoms. The van der Waals surface area contributed by atoms with E-state index < -0.39 is 0 Å². The predicted molar refractivity (Wildman–Crippen MR) is 71.2 cm³/mol. The Hall–Kier alpha value is -0.760. The number of hydrogen-bond acceptors (Lipinski definition) is 1. The monoisotopic (exact) mass is 255 g/mol. The molecule has 1 aromatic rings. The topological polar surface area (TPSA) is 3.24 Å². The molecule has 1 nitrogen and oxygen atoms in total. The van der Waals surface area contributed by atoms with Crippen molar-refractivity contribution in [2.24, 2.45) is 11.8 Å². The van der Waals surface area contributed by atoms with Crippen LogP contribution in [0.3, 0.4) is 0 Å². The minimum absolute atomic E-state index is 0.200. The molecule has 0 bridgehead atoms. The molecule has 1 atom stereocenters. The Labute approximate surface area is 108 Å². The van der Waals surface area contributed by atoms with Crippen LogP contribution < -0.4 is 4.90 Å². The van der Waals surface area contributed by atoms with Crippen molar-refractivity contribution < 1.29 is 4.39 Å². The Morgan fingerprint density at radius 3 is 2.82 bits per heavy atom. The number of rotatable bonds is 2. The quantitative estimate of drug-likeness (QED) is 0.759. The molecule has 0 spiro atoms. The number of anilines is 1. The maximum absolute atomic E-state index is 13.4. The van der Waals surface area contributed by atoms with Gasteiger partial charge in [0.2, 0.25) is 0 Å². The Bertz CT molecular complexity index is 392. The standard InChI is InChI=1S/C14H19ClFN/c1-10(2)11-4-3-7-17(9-11)12-5-6-13(15)14(16)8-12/h5-6,8,10-11H,3-4,7,9H2,1-2H3. The molecule has 1 unspecified atom stereocenters. The van der Waals surface area contributed by atoms with Crippen molar-refractivity contribution >= 4 is 17.3 Å². The van der Waals surface area contributed by atoms with E-state index in [1.165, 1.54) is 12.8 Å². The zero-order chi connectivity index (χ0) is 12.4. The van der Waals surface area contributed by atoms with E-state index in [-0.39, 0.29) is 10.8 Å². The van der Waals surface area contributed by atoms with E-state index >= 15 is 0 Å². The van der Waals surface area contributed by atoms with E-state index in [9.17, 15) is 4.39 Å². The summed E-state index contributed by atoms with van der Waals surface area (Å²) in [6.45, 7) is 6.57. The Morgan fingerprint density at radius 1 is 1.41 bits per heavy atom. The molecular weight excluding hydrogens is 237 g/mol. The van der Waals surface area contributed by atoms with Crippen molar-refractivity contribution in [2.75, 3.05) is 18.0 Å². The normalized spacial score (nSPS) is 21.0. The van der Waals surface area contributed by atoms with E-state index in [2.05, 4.69) is 18.7 Å². The summed E-state index contributed by atoms with van der Waals surface area (Å²) < 4.78 is 13.4. The highest BCUT2D eigenvalue weighted by atomic mass is 35.5. The van der Waals surface area contributed by atoms with Gasteiger partial charge in [-0.15, -0.1) is 0 Å². The Balaban J connectivity index is 2.13. The van der Waals surface area contributed by atoms with Gasteiger partial charge in [0, 0.05) is 18.8 Å².